The number of hydrogen-bond donors (Lipinski definition) is 1. The minimum absolute atomic E-state index is 0.222. The molecule has 3 aliphatic rings. The van der Waals surface area contributed by atoms with E-state index in [1.54, 1.807) is 0 Å². The van der Waals surface area contributed by atoms with Crippen LogP contribution < -0.4 is 5.73 Å². The summed E-state index contributed by atoms with van der Waals surface area (Å²) in [5.41, 5.74) is 14.7. The lowest BCUT2D eigenvalue weighted by Crippen LogP contribution is -2.46. The normalized spacial score (nSPS) is 20.7. The minimum atomic E-state index is -0.222. The quantitative estimate of drug-likeness (QED) is 0.733. The summed E-state index contributed by atoms with van der Waals surface area (Å²) in [5.74, 6) is -0.222. The molecular formula is C26H37N3O. The fraction of sp³-hybridized carbons (Fsp3) is 0.577. The van der Waals surface area contributed by atoms with Crippen LogP contribution >= 0.6 is 0 Å². The molecule has 1 aromatic rings. The van der Waals surface area contributed by atoms with E-state index < -0.39 is 0 Å². The predicted molar refractivity (Wildman–Crippen MR) is 124 cm³/mol. The summed E-state index contributed by atoms with van der Waals surface area (Å²) in [4.78, 5) is 17.2. The van der Waals surface area contributed by atoms with Crippen molar-refractivity contribution in [1.82, 2.24) is 9.80 Å². The molecule has 0 saturated carbocycles. The molecule has 4 rings (SSSR count). The molecule has 4 nitrogen and oxygen atoms in total. The Balaban J connectivity index is 1.43. The highest BCUT2D eigenvalue weighted by atomic mass is 16.1. The molecule has 0 radical (unpaired) electrons. The van der Waals surface area contributed by atoms with Crippen LogP contribution in [0.2, 0.25) is 0 Å². The summed E-state index contributed by atoms with van der Waals surface area (Å²) in [6.45, 7) is 11.5. The number of amides is 1. The number of allylic oxidation sites excluding steroid dienone is 3. The molecule has 2 N–H and O–H groups in total. The topological polar surface area (TPSA) is 49.6 Å². The Morgan fingerprint density at radius 1 is 1.03 bits per heavy atom. The minimum Gasteiger partial charge on any atom is -0.366 e. The molecule has 1 saturated heterocycles. The Labute approximate surface area is 181 Å². The Hall–Kier alpha value is -1.91. The Morgan fingerprint density at radius 2 is 1.77 bits per heavy atom. The lowest BCUT2D eigenvalue weighted by atomic mass is 9.85. The van der Waals surface area contributed by atoms with Crippen molar-refractivity contribution in [2.45, 2.75) is 65.3 Å². The van der Waals surface area contributed by atoms with Gasteiger partial charge < -0.3 is 10.6 Å². The number of rotatable bonds is 7. The van der Waals surface area contributed by atoms with E-state index in [0.29, 0.717) is 0 Å². The molecule has 30 heavy (non-hydrogen) atoms. The number of carbonyl (C=O) groups is 1. The van der Waals surface area contributed by atoms with E-state index in [4.69, 9.17) is 5.73 Å². The highest BCUT2D eigenvalue weighted by Crippen LogP contribution is 2.41. The number of benzene rings is 1. The molecule has 1 amide bonds. The molecule has 0 bridgehead atoms. The van der Waals surface area contributed by atoms with Gasteiger partial charge in [0.2, 0.25) is 5.91 Å². The molecular weight excluding hydrogens is 370 g/mol. The van der Waals surface area contributed by atoms with Gasteiger partial charge in [0, 0.05) is 38.3 Å². The smallest absolute Gasteiger partial charge is 0.244 e. The van der Waals surface area contributed by atoms with Crippen molar-refractivity contribution in [2.24, 2.45) is 5.73 Å². The number of carbonyl (C=O) groups excluding carboxylic acids is 1. The molecule has 0 unspecified atom stereocenters. The molecule has 1 fully saturated rings. The average molecular weight is 408 g/mol. The largest absolute Gasteiger partial charge is 0.366 e. The number of piperazine rings is 1. The number of hydrogen-bond acceptors (Lipinski definition) is 3. The Kier molecular flexibility index (Phi) is 6.74. The second-order valence-electron chi connectivity index (χ2n) is 9.27. The van der Waals surface area contributed by atoms with Crippen LogP contribution in [0.15, 0.2) is 34.9 Å². The zero-order chi connectivity index (χ0) is 21.1. The fourth-order valence-corrected chi connectivity index (χ4v) is 5.40. The van der Waals surface area contributed by atoms with Crippen LogP contribution in [0.25, 0.3) is 5.57 Å². The third-order valence-corrected chi connectivity index (χ3v) is 7.22. The van der Waals surface area contributed by atoms with Gasteiger partial charge in [-0.25, -0.2) is 0 Å². The number of fused-ring (bicyclic) bond motifs is 1. The highest BCUT2D eigenvalue weighted by molar-refractivity contribution is 5.95. The van der Waals surface area contributed by atoms with Gasteiger partial charge >= 0.3 is 0 Å². The summed E-state index contributed by atoms with van der Waals surface area (Å²) in [7, 11) is 0. The monoisotopic (exact) mass is 407 g/mol. The van der Waals surface area contributed by atoms with E-state index in [1.807, 2.05) is 0 Å². The van der Waals surface area contributed by atoms with E-state index in [2.05, 4.69) is 41.8 Å². The first-order valence-corrected chi connectivity index (χ1v) is 11.9. The number of nitrogens with zero attached hydrogens (tertiary/aromatic N) is 2. The number of unbranched alkanes of at least 4 members (excludes halogenated alkanes) is 1. The second-order valence-corrected chi connectivity index (χ2v) is 9.27. The van der Waals surface area contributed by atoms with Crippen LogP contribution in [0.4, 0.5) is 0 Å². The van der Waals surface area contributed by atoms with Gasteiger partial charge in [0.1, 0.15) is 0 Å². The molecule has 2 aliphatic carbocycles. The summed E-state index contributed by atoms with van der Waals surface area (Å²) in [5, 5.41) is 0. The van der Waals surface area contributed by atoms with Gasteiger partial charge in [0.15, 0.2) is 0 Å². The van der Waals surface area contributed by atoms with E-state index in [1.165, 1.54) is 65.9 Å². The molecule has 4 heteroatoms. The maximum absolute atomic E-state index is 12.0. The second kappa shape index (κ2) is 9.49. The maximum atomic E-state index is 12.0. The first-order valence-electron chi connectivity index (χ1n) is 11.9. The van der Waals surface area contributed by atoms with Gasteiger partial charge in [-0.2, -0.15) is 0 Å². The van der Waals surface area contributed by atoms with Crippen LogP contribution in [0.1, 0.15) is 69.1 Å². The van der Waals surface area contributed by atoms with Gasteiger partial charge in [-0.3, -0.25) is 9.69 Å². The third kappa shape index (κ3) is 4.55. The number of nitrogens with two attached hydrogens (primary N) is 1. The zero-order valence-corrected chi connectivity index (χ0v) is 18.8. The average Bonchev–Trinajstić information content (AvgIpc) is 3.09. The summed E-state index contributed by atoms with van der Waals surface area (Å²) in [6.07, 6.45) is 7.62. The molecule has 1 heterocycles. The van der Waals surface area contributed by atoms with Gasteiger partial charge in [-0.05, 0) is 85.4 Å². The van der Waals surface area contributed by atoms with Crippen molar-refractivity contribution in [3.63, 3.8) is 0 Å². The van der Waals surface area contributed by atoms with Crippen molar-refractivity contribution < 1.29 is 4.79 Å². The Morgan fingerprint density at radius 3 is 2.50 bits per heavy atom. The van der Waals surface area contributed by atoms with E-state index >= 15 is 0 Å². The SMILES string of the molecule is CCCCN1CCN(Cc2ccc3c(c2)CC(C2=C(C(N)=O)CCCC2)=C3C)CC1. The highest BCUT2D eigenvalue weighted by Gasteiger charge is 2.26. The third-order valence-electron chi connectivity index (χ3n) is 7.22. The van der Waals surface area contributed by atoms with Crippen molar-refractivity contribution in [2.75, 3.05) is 32.7 Å². The van der Waals surface area contributed by atoms with Crippen LogP contribution in [0, 0.1) is 0 Å². The summed E-state index contributed by atoms with van der Waals surface area (Å²) < 4.78 is 0. The van der Waals surface area contributed by atoms with Crippen molar-refractivity contribution >= 4 is 11.5 Å². The van der Waals surface area contributed by atoms with E-state index in [0.717, 1.165) is 57.3 Å². The lowest BCUT2D eigenvalue weighted by molar-refractivity contribution is -0.114. The molecule has 1 aliphatic heterocycles. The first-order chi connectivity index (χ1) is 14.6. The van der Waals surface area contributed by atoms with Gasteiger partial charge in [-0.15, -0.1) is 0 Å². The maximum Gasteiger partial charge on any atom is 0.244 e. The van der Waals surface area contributed by atoms with Crippen molar-refractivity contribution in [3.8, 4) is 0 Å². The molecule has 0 aromatic heterocycles. The standard InChI is InChI=1S/C26H37N3O/c1-3-4-11-28-12-14-29(15-13-28)18-20-9-10-22-19(2)25(17-21(22)16-20)23-7-5-6-8-24(23)26(27)30/h9-10,16H,3-8,11-15,17-18H2,1-2H3,(H2,27,30). The van der Waals surface area contributed by atoms with Crippen LogP contribution in [0.5, 0.6) is 0 Å². The van der Waals surface area contributed by atoms with Crippen LogP contribution in [-0.4, -0.2) is 48.4 Å². The van der Waals surface area contributed by atoms with Gasteiger partial charge in [0.25, 0.3) is 0 Å². The molecule has 0 spiro atoms. The number of primary amides is 1. The van der Waals surface area contributed by atoms with Gasteiger partial charge in [0.05, 0.1) is 0 Å². The van der Waals surface area contributed by atoms with Gasteiger partial charge in [-0.1, -0.05) is 31.5 Å². The van der Waals surface area contributed by atoms with E-state index in [-0.39, 0.29) is 5.91 Å². The zero-order valence-electron chi connectivity index (χ0n) is 18.8. The lowest BCUT2D eigenvalue weighted by Gasteiger charge is -2.34. The van der Waals surface area contributed by atoms with Crippen LogP contribution in [0.3, 0.4) is 0 Å². The van der Waals surface area contributed by atoms with Crippen molar-refractivity contribution in [1.29, 1.82) is 0 Å². The molecule has 162 valence electrons. The summed E-state index contributed by atoms with van der Waals surface area (Å²) >= 11 is 0. The predicted octanol–water partition coefficient (Wildman–Crippen LogP) is 4.29. The fourth-order valence-electron chi connectivity index (χ4n) is 5.40. The van der Waals surface area contributed by atoms with Crippen molar-refractivity contribution in [3.05, 3.63) is 51.6 Å². The molecule has 1 aromatic carbocycles. The van der Waals surface area contributed by atoms with Crippen LogP contribution in [-0.2, 0) is 17.8 Å². The first kappa shape index (κ1) is 21.3. The molecule has 0 atom stereocenters. The van der Waals surface area contributed by atoms with E-state index in [9.17, 15) is 4.79 Å². The Bertz CT molecular complexity index is 859. The summed E-state index contributed by atoms with van der Waals surface area (Å²) in [6, 6.07) is 7.01.